The van der Waals surface area contributed by atoms with Crippen molar-refractivity contribution in [2.75, 3.05) is 0 Å². The molecule has 1 aromatic rings. The summed E-state index contributed by atoms with van der Waals surface area (Å²) >= 11 is 1.62. The zero-order chi connectivity index (χ0) is 10.1. The minimum absolute atomic E-state index is 0.367. The summed E-state index contributed by atoms with van der Waals surface area (Å²) in [5.41, 5.74) is 0.379. The van der Waals surface area contributed by atoms with Crippen LogP contribution in [0, 0.1) is 6.92 Å². The Morgan fingerprint density at radius 3 is 2.71 bits per heavy atom. The third-order valence-electron chi connectivity index (χ3n) is 1.77. The van der Waals surface area contributed by atoms with Gasteiger partial charge in [0, 0.05) is 16.7 Å². The number of esters is 1. The fraction of sp³-hybridized carbons (Fsp3) is 0.200. The van der Waals surface area contributed by atoms with E-state index in [0.29, 0.717) is 11.6 Å². The Morgan fingerprint density at radius 1 is 1.43 bits per heavy atom. The molecule has 0 amide bonds. The van der Waals surface area contributed by atoms with E-state index in [-0.39, 0.29) is 5.97 Å². The van der Waals surface area contributed by atoms with E-state index in [1.807, 2.05) is 19.1 Å². The molecule has 0 aromatic carbocycles. The Morgan fingerprint density at radius 2 is 2.21 bits per heavy atom. The monoisotopic (exact) mass is 207 g/mol. The quantitative estimate of drug-likeness (QED) is 0.524. The van der Waals surface area contributed by atoms with Gasteiger partial charge in [-0.05, 0) is 25.1 Å². The Kier molecular flexibility index (Phi) is 2.21. The van der Waals surface area contributed by atoms with Crippen LogP contribution in [0.5, 0.6) is 0 Å². The van der Waals surface area contributed by atoms with Crippen LogP contribution in [0.15, 0.2) is 22.8 Å². The third-order valence-corrected chi connectivity index (χ3v) is 2.72. The molecular weight excluding hydrogens is 198 g/mol. The van der Waals surface area contributed by atoms with Gasteiger partial charge in [0.1, 0.15) is 0 Å². The van der Waals surface area contributed by atoms with Crippen molar-refractivity contribution in [1.82, 2.24) is 0 Å². The van der Waals surface area contributed by atoms with Crippen molar-refractivity contribution in [2.45, 2.75) is 13.8 Å². The van der Waals surface area contributed by atoms with Gasteiger partial charge in [-0.15, -0.1) is 11.3 Å². The predicted octanol–water partition coefficient (Wildman–Crippen LogP) is 2.37. The highest BCUT2D eigenvalue weighted by Gasteiger charge is 2.19. The molecule has 1 aliphatic heterocycles. The van der Waals surface area contributed by atoms with E-state index in [0.717, 1.165) is 4.88 Å². The van der Waals surface area contributed by atoms with Crippen molar-refractivity contribution < 1.29 is 9.53 Å². The fourth-order valence-electron chi connectivity index (χ4n) is 1.18. The zero-order valence-electron chi connectivity index (χ0n) is 7.90. The first kappa shape index (κ1) is 9.15. The Hall–Kier alpha value is -1.42. The van der Waals surface area contributed by atoms with Crippen LogP contribution in [0.1, 0.15) is 16.7 Å². The van der Waals surface area contributed by atoms with E-state index in [1.165, 1.54) is 4.88 Å². The first-order chi connectivity index (χ1) is 6.65. The van der Waals surface area contributed by atoms with Crippen LogP contribution in [-0.2, 0) is 9.53 Å². The van der Waals surface area contributed by atoms with Crippen molar-refractivity contribution >= 4 is 29.3 Å². The maximum Gasteiger partial charge on any atom is 0.363 e. The number of hydrogen-bond donors (Lipinski definition) is 0. The Labute approximate surface area is 85.7 Å². The van der Waals surface area contributed by atoms with Gasteiger partial charge >= 0.3 is 5.97 Å². The van der Waals surface area contributed by atoms with E-state index in [2.05, 4.69) is 4.99 Å². The number of thiophene rings is 1. The molecule has 0 fully saturated rings. The number of rotatable bonds is 1. The lowest BCUT2D eigenvalue weighted by Gasteiger charge is -1.88. The normalized spacial score (nSPS) is 18.6. The molecule has 0 spiro atoms. The van der Waals surface area contributed by atoms with Crippen LogP contribution in [0.4, 0.5) is 0 Å². The molecule has 0 radical (unpaired) electrons. The minimum atomic E-state index is -0.367. The lowest BCUT2D eigenvalue weighted by molar-refractivity contribution is -0.130. The topological polar surface area (TPSA) is 38.7 Å². The first-order valence-electron chi connectivity index (χ1n) is 4.21. The predicted molar refractivity (Wildman–Crippen MR) is 56.2 cm³/mol. The lowest BCUT2D eigenvalue weighted by Crippen LogP contribution is -1.99. The average Bonchev–Trinajstić information content (AvgIpc) is 2.61. The van der Waals surface area contributed by atoms with Crippen LogP contribution < -0.4 is 0 Å². The number of carbonyl (C=O) groups excluding carboxylic acids is 1. The molecule has 72 valence electrons. The highest BCUT2D eigenvalue weighted by molar-refractivity contribution is 7.12. The highest BCUT2D eigenvalue weighted by atomic mass is 32.1. The van der Waals surface area contributed by atoms with Gasteiger partial charge in [0.25, 0.3) is 0 Å². The largest absolute Gasteiger partial charge is 0.407 e. The molecule has 3 nitrogen and oxygen atoms in total. The molecule has 14 heavy (non-hydrogen) atoms. The van der Waals surface area contributed by atoms with Gasteiger partial charge in [0.2, 0.25) is 0 Å². The standard InChI is InChI=1S/C10H9NO2S/c1-6-3-4-8(14-6)5-9-10(12)13-7(2)11-9/h3-5H,1-2H3. The summed E-state index contributed by atoms with van der Waals surface area (Å²) in [6.45, 7) is 3.69. The zero-order valence-corrected chi connectivity index (χ0v) is 8.72. The van der Waals surface area contributed by atoms with E-state index in [9.17, 15) is 4.79 Å². The SMILES string of the molecule is CC1=NC(=Cc2ccc(C)s2)C(=O)O1. The van der Waals surface area contributed by atoms with Crippen LogP contribution in [-0.4, -0.2) is 11.9 Å². The molecule has 0 bridgehead atoms. The Bertz CT molecular complexity index is 443. The fourth-order valence-corrected chi connectivity index (χ4v) is 2.00. The first-order valence-corrected chi connectivity index (χ1v) is 5.02. The van der Waals surface area contributed by atoms with Gasteiger partial charge in [-0.3, -0.25) is 0 Å². The molecule has 1 aromatic heterocycles. The summed E-state index contributed by atoms with van der Waals surface area (Å²) in [6.07, 6.45) is 1.75. The second-order valence-corrected chi connectivity index (χ2v) is 4.32. The number of aryl methyl sites for hydroxylation is 1. The van der Waals surface area contributed by atoms with Crippen LogP contribution >= 0.6 is 11.3 Å². The van der Waals surface area contributed by atoms with Crippen LogP contribution in [0.3, 0.4) is 0 Å². The summed E-state index contributed by atoms with van der Waals surface area (Å²) in [4.78, 5) is 17.4. The maximum absolute atomic E-state index is 11.2. The van der Waals surface area contributed by atoms with Crippen molar-refractivity contribution in [3.63, 3.8) is 0 Å². The number of carbonyl (C=O) groups is 1. The number of ether oxygens (including phenoxy) is 1. The van der Waals surface area contributed by atoms with Crippen molar-refractivity contribution in [3.8, 4) is 0 Å². The van der Waals surface area contributed by atoms with Crippen LogP contribution in [0.2, 0.25) is 0 Å². The van der Waals surface area contributed by atoms with Crippen molar-refractivity contribution in [2.24, 2.45) is 4.99 Å². The second kappa shape index (κ2) is 3.38. The lowest BCUT2D eigenvalue weighted by atomic mass is 10.3. The molecule has 4 heteroatoms. The number of nitrogens with zero attached hydrogens (tertiary/aromatic N) is 1. The van der Waals surface area contributed by atoms with Gasteiger partial charge in [-0.25, -0.2) is 9.79 Å². The van der Waals surface area contributed by atoms with E-state index in [4.69, 9.17) is 4.74 Å². The van der Waals surface area contributed by atoms with E-state index in [1.54, 1.807) is 24.3 Å². The molecule has 0 N–H and O–H groups in total. The van der Waals surface area contributed by atoms with E-state index >= 15 is 0 Å². The number of cyclic esters (lactones) is 1. The summed E-state index contributed by atoms with van der Waals surface area (Å²) < 4.78 is 4.80. The van der Waals surface area contributed by atoms with Crippen molar-refractivity contribution in [3.05, 3.63) is 27.6 Å². The molecule has 2 rings (SSSR count). The smallest absolute Gasteiger partial charge is 0.363 e. The number of hydrogen-bond acceptors (Lipinski definition) is 4. The third kappa shape index (κ3) is 1.75. The van der Waals surface area contributed by atoms with Gasteiger partial charge in [-0.2, -0.15) is 0 Å². The summed E-state index contributed by atoms with van der Waals surface area (Å²) in [5.74, 6) is 0.0445. The molecule has 0 aliphatic carbocycles. The Balaban J connectivity index is 2.31. The van der Waals surface area contributed by atoms with E-state index < -0.39 is 0 Å². The highest BCUT2D eigenvalue weighted by Crippen LogP contribution is 2.21. The number of aliphatic imine (C=N–C) groups is 1. The summed E-state index contributed by atoms with van der Waals surface area (Å²) in [7, 11) is 0. The molecule has 0 unspecified atom stereocenters. The van der Waals surface area contributed by atoms with Gasteiger partial charge < -0.3 is 4.74 Å². The summed E-state index contributed by atoms with van der Waals surface area (Å²) in [6, 6.07) is 3.97. The average molecular weight is 207 g/mol. The van der Waals surface area contributed by atoms with Crippen LogP contribution in [0.25, 0.3) is 6.08 Å². The molecular formula is C10H9NO2S. The van der Waals surface area contributed by atoms with Gasteiger partial charge in [0.05, 0.1) is 0 Å². The van der Waals surface area contributed by atoms with Gasteiger partial charge in [-0.1, -0.05) is 0 Å². The molecule has 0 atom stereocenters. The maximum atomic E-state index is 11.2. The summed E-state index contributed by atoms with van der Waals surface area (Å²) in [5, 5.41) is 0. The second-order valence-electron chi connectivity index (χ2n) is 3.00. The molecule has 0 saturated heterocycles. The minimum Gasteiger partial charge on any atom is -0.407 e. The molecule has 0 saturated carbocycles. The van der Waals surface area contributed by atoms with Crippen molar-refractivity contribution in [1.29, 1.82) is 0 Å². The molecule has 2 heterocycles. The van der Waals surface area contributed by atoms with Gasteiger partial charge in [0.15, 0.2) is 11.6 Å². The molecule has 1 aliphatic rings.